The van der Waals surface area contributed by atoms with Gasteiger partial charge in [-0.25, -0.2) is 0 Å². The summed E-state index contributed by atoms with van der Waals surface area (Å²) in [5.74, 6) is -0.435. The molecule has 3 N–H and O–H groups in total. The highest BCUT2D eigenvalue weighted by atomic mass is 19.4. The monoisotopic (exact) mass is 265 g/mol. The zero-order chi connectivity index (χ0) is 13.8. The smallest absolute Gasteiger partial charge is 0.406 e. The van der Waals surface area contributed by atoms with E-state index in [0.717, 1.165) is 12.1 Å². The van der Waals surface area contributed by atoms with Crippen LogP contribution in [0, 0.1) is 0 Å². The molecule has 1 aromatic rings. The number of alkyl halides is 3. The molecule has 0 spiro atoms. The Kier molecular flexibility index (Phi) is 4.94. The normalized spacial score (nSPS) is 15.2. The largest absolute Gasteiger partial charge is 0.573 e. The van der Waals surface area contributed by atoms with Gasteiger partial charge in [0.05, 0.1) is 6.10 Å². The summed E-state index contributed by atoms with van der Waals surface area (Å²) in [5, 5.41) is 21.9. The summed E-state index contributed by atoms with van der Waals surface area (Å²) in [6, 6.07) is 4.88. The number of nitrogens with one attached hydrogen (secondary N) is 1. The number of aliphatic hydroxyl groups is 2. The highest BCUT2D eigenvalue weighted by Crippen LogP contribution is 2.26. The molecule has 2 atom stereocenters. The fourth-order valence-electron chi connectivity index (χ4n) is 1.44. The van der Waals surface area contributed by atoms with Crippen molar-refractivity contribution in [2.75, 3.05) is 13.6 Å². The molecule has 1 aromatic carbocycles. The van der Waals surface area contributed by atoms with Gasteiger partial charge in [0, 0.05) is 6.54 Å². The average Bonchev–Trinajstić information content (AvgIpc) is 2.26. The van der Waals surface area contributed by atoms with Gasteiger partial charge in [-0.15, -0.1) is 13.2 Å². The molecule has 0 amide bonds. The summed E-state index contributed by atoms with van der Waals surface area (Å²) in [4.78, 5) is 0. The van der Waals surface area contributed by atoms with Gasteiger partial charge in [0.1, 0.15) is 11.9 Å². The average molecular weight is 265 g/mol. The van der Waals surface area contributed by atoms with Crippen LogP contribution in [0.1, 0.15) is 11.7 Å². The number of likely N-dealkylation sites (N-methyl/N-ethyl adjacent to an activating group) is 1. The van der Waals surface area contributed by atoms with E-state index in [1.165, 1.54) is 12.1 Å². The molecule has 18 heavy (non-hydrogen) atoms. The van der Waals surface area contributed by atoms with Crippen molar-refractivity contribution in [2.45, 2.75) is 18.6 Å². The minimum absolute atomic E-state index is 0.117. The van der Waals surface area contributed by atoms with Crippen LogP contribution in [0.15, 0.2) is 24.3 Å². The maximum Gasteiger partial charge on any atom is 0.573 e. The Morgan fingerprint density at radius 3 is 2.56 bits per heavy atom. The van der Waals surface area contributed by atoms with Crippen molar-refractivity contribution in [3.05, 3.63) is 29.8 Å². The van der Waals surface area contributed by atoms with E-state index in [4.69, 9.17) is 0 Å². The Bertz CT molecular complexity index is 384. The van der Waals surface area contributed by atoms with Crippen molar-refractivity contribution in [3.8, 4) is 5.75 Å². The lowest BCUT2D eigenvalue weighted by Crippen LogP contribution is -2.29. The molecule has 0 aliphatic carbocycles. The molecule has 0 aliphatic heterocycles. The number of rotatable bonds is 5. The van der Waals surface area contributed by atoms with Crippen LogP contribution in [0.2, 0.25) is 0 Å². The number of benzene rings is 1. The van der Waals surface area contributed by atoms with Gasteiger partial charge < -0.3 is 20.3 Å². The molecule has 0 aromatic heterocycles. The third-order valence-corrected chi connectivity index (χ3v) is 2.21. The maximum atomic E-state index is 12.0. The van der Waals surface area contributed by atoms with Crippen molar-refractivity contribution < 1.29 is 28.1 Å². The summed E-state index contributed by atoms with van der Waals surface area (Å²) in [6.45, 7) is 0.117. The molecular formula is C11H14F3NO3. The van der Waals surface area contributed by atoms with Gasteiger partial charge in [0.25, 0.3) is 0 Å². The van der Waals surface area contributed by atoms with Gasteiger partial charge in [-0.1, -0.05) is 12.1 Å². The first-order valence-electron chi connectivity index (χ1n) is 5.20. The molecule has 0 heterocycles. The van der Waals surface area contributed by atoms with Gasteiger partial charge >= 0.3 is 6.36 Å². The third kappa shape index (κ3) is 4.52. The maximum absolute atomic E-state index is 12.0. The predicted molar refractivity (Wildman–Crippen MR) is 58.0 cm³/mol. The van der Waals surface area contributed by atoms with E-state index in [1.807, 2.05) is 0 Å². The van der Waals surface area contributed by atoms with E-state index in [9.17, 15) is 23.4 Å². The minimum Gasteiger partial charge on any atom is -0.406 e. The number of aliphatic hydroxyl groups excluding tert-OH is 2. The fourth-order valence-corrected chi connectivity index (χ4v) is 1.44. The molecule has 4 nitrogen and oxygen atoms in total. The second kappa shape index (κ2) is 6.03. The van der Waals surface area contributed by atoms with E-state index >= 15 is 0 Å². The first kappa shape index (κ1) is 14.7. The molecule has 1 rings (SSSR count). The SMILES string of the molecule is CNCC(O)C(O)c1cccc(OC(F)(F)F)c1. The van der Waals surface area contributed by atoms with Crippen LogP contribution in [0.5, 0.6) is 5.75 Å². The lowest BCUT2D eigenvalue weighted by Gasteiger charge is -2.18. The topological polar surface area (TPSA) is 61.7 Å². The molecule has 2 unspecified atom stereocenters. The lowest BCUT2D eigenvalue weighted by molar-refractivity contribution is -0.274. The molecule has 0 saturated heterocycles. The van der Waals surface area contributed by atoms with Crippen molar-refractivity contribution in [1.29, 1.82) is 0 Å². The fraction of sp³-hybridized carbons (Fsp3) is 0.455. The highest BCUT2D eigenvalue weighted by Gasteiger charge is 2.31. The number of hydrogen-bond acceptors (Lipinski definition) is 4. The third-order valence-electron chi connectivity index (χ3n) is 2.21. The van der Waals surface area contributed by atoms with Crippen LogP contribution in [-0.2, 0) is 0 Å². The molecule has 102 valence electrons. The summed E-state index contributed by atoms with van der Waals surface area (Å²) in [6.07, 6.45) is -7.18. The van der Waals surface area contributed by atoms with Gasteiger partial charge in [-0.05, 0) is 24.7 Å². The Balaban J connectivity index is 2.81. The van der Waals surface area contributed by atoms with Crippen LogP contribution in [-0.4, -0.2) is 36.3 Å². The Labute approximate surface area is 102 Å². The van der Waals surface area contributed by atoms with Crippen LogP contribution < -0.4 is 10.1 Å². The first-order valence-corrected chi connectivity index (χ1v) is 5.20. The lowest BCUT2D eigenvalue weighted by atomic mass is 10.0. The first-order chi connectivity index (χ1) is 8.33. The summed E-state index contributed by atoms with van der Waals surface area (Å²) in [7, 11) is 1.58. The van der Waals surface area contributed by atoms with E-state index < -0.39 is 24.3 Å². The van der Waals surface area contributed by atoms with Gasteiger partial charge in [0.15, 0.2) is 0 Å². The zero-order valence-electron chi connectivity index (χ0n) is 9.61. The van der Waals surface area contributed by atoms with Crippen LogP contribution in [0.25, 0.3) is 0 Å². The summed E-state index contributed by atoms with van der Waals surface area (Å²) < 4.78 is 39.8. The minimum atomic E-state index is -4.78. The molecule has 0 bridgehead atoms. The standard InChI is InChI=1S/C11H14F3NO3/c1-15-6-9(16)10(17)7-3-2-4-8(5-7)18-11(12,13)14/h2-5,9-10,15-17H,6H2,1H3. The van der Waals surface area contributed by atoms with Gasteiger partial charge in [0.2, 0.25) is 0 Å². The second-order valence-corrected chi connectivity index (χ2v) is 3.69. The zero-order valence-corrected chi connectivity index (χ0v) is 9.61. The van der Waals surface area contributed by atoms with Crippen molar-refractivity contribution in [2.24, 2.45) is 0 Å². The molecular weight excluding hydrogens is 251 g/mol. The van der Waals surface area contributed by atoms with Crippen LogP contribution in [0.4, 0.5) is 13.2 Å². The Morgan fingerprint density at radius 2 is 2.00 bits per heavy atom. The predicted octanol–water partition coefficient (Wildman–Crippen LogP) is 1.20. The number of halogens is 3. The Morgan fingerprint density at radius 1 is 1.33 bits per heavy atom. The number of ether oxygens (including phenoxy) is 1. The molecule has 0 fully saturated rings. The molecule has 7 heteroatoms. The summed E-state index contributed by atoms with van der Waals surface area (Å²) in [5.41, 5.74) is 0.152. The van der Waals surface area contributed by atoms with Gasteiger partial charge in [-0.3, -0.25) is 0 Å². The second-order valence-electron chi connectivity index (χ2n) is 3.69. The molecule has 0 aliphatic rings. The van der Waals surface area contributed by atoms with E-state index in [1.54, 1.807) is 7.05 Å². The van der Waals surface area contributed by atoms with Crippen LogP contribution in [0.3, 0.4) is 0 Å². The van der Waals surface area contributed by atoms with Crippen molar-refractivity contribution >= 4 is 0 Å². The molecule has 0 radical (unpaired) electrons. The number of hydrogen-bond donors (Lipinski definition) is 3. The van der Waals surface area contributed by atoms with E-state index in [0.29, 0.717) is 0 Å². The van der Waals surface area contributed by atoms with Crippen molar-refractivity contribution in [3.63, 3.8) is 0 Å². The Hall–Kier alpha value is -1.31. The quantitative estimate of drug-likeness (QED) is 0.748. The van der Waals surface area contributed by atoms with E-state index in [-0.39, 0.29) is 12.1 Å². The van der Waals surface area contributed by atoms with Crippen molar-refractivity contribution in [1.82, 2.24) is 5.32 Å². The van der Waals surface area contributed by atoms with E-state index in [2.05, 4.69) is 10.1 Å². The molecule has 0 saturated carbocycles. The van der Waals surface area contributed by atoms with Gasteiger partial charge in [-0.2, -0.15) is 0 Å². The highest BCUT2D eigenvalue weighted by molar-refractivity contribution is 5.30. The van der Waals surface area contributed by atoms with Crippen LogP contribution >= 0.6 is 0 Å². The summed E-state index contributed by atoms with van der Waals surface area (Å²) >= 11 is 0.